The number of thiophene rings is 1. The number of nitrogens with one attached hydrogen (secondary N) is 1. The maximum absolute atomic E-state index is 13.1. The van der Waals surface area contributed by atoms with Crippen LogP contribution in [0.2, 0.25) is 0 Å². The largest absolute Gasteiger partial charge is 0.435 e. The molecular formula is C18H16F3N3OS. The molecule has 1 aliphatic carbocycles. The Morgan fingerprint density at radius 3 is 2.88 bits per heavy atom. The predicted octanol–water partition coefficient (Wildman–Crippen LogP) is 4.46. The van der Waals surface area contributed by atoms with Crippen molar-refractivity contribution in [1.82, 2.24) is 15.1 Å². The Morgan fingerprint density at radius 1 is 1.35 bits per heavy atom. The highest BCUT2D eigenvalue weighted by molar-refractivity contribution is 7.20. The second kappa shape index (κ2) is 6.12. The molecule has 26 heavy (non-hydrogen) atoms. The van der Waals surface area contributed by atoms with Gasteiger partial charge in [-0.05, 0) is 36.5 Å². The number of nitrogens with zero attached hydrogens (tertiary/aromatic N) is 2. The zero-order valence-electron chi connectivity index (χ0n) is 13.9. The van der Waals surface area contributed by atoms with Crippen molar-refractivity contribution in [2.75, 3.05) is 0 Å². The van der Waals surface area contributed by atoms with Gasteiger partial charge in [-0.1, -0.05) is 24.3 Å². The molecule has 0 saturated heterocycles. The molecule has 136 valence electrons. The van der Waals surface area contributed by atoms with Gasteiger partial charge in [0, 0.05) is 12.4 Å². The fourth-order valence-corrected chi connectivity index (χ4v) is 4.47. The van der Waals surface area contributed by atoms with E-state index >= 15 is 0 Å². The van der Waals surface area contributed by atoms with Crippen molar-refractivity contribution in [3.8, 4) is 0 Å². The lowest BCUT2D eigenvalue weighted by Crippen LogP contribution is -2.30. The average molecular weight is 379 g/mol. The first kappa shape index (κ1) is 17.1. The van der Waals surface area contributed by atoms with Gasteiger partial charge in [-0.15, -0.1) is 11.3 Å². The van der Waals surface area contributed by atoms with Gasteiger partial charge in [-0.3, -0.25) is 9.48 Å². The lowest BCUT2D eigenvalue weighted by atomic mass is 9.88. The van der Waals surface area contributed by atoms with Crippen molar-refractivity contribution in [3.05, 3.63) is 52.0 Å². The number of fused-ring (bicyclic) bond motifs is 2. The second-order valence-corrected chi connectivity index (χ2v) is 7.45. The highest BCUT2D eigenvalue weighted by atomic mass is 32.1. The zero-order chi connectivity index (χ0) is 18.5. The first-order chi connectivity index (χ1) is 12.3. The normalized spacial score (nSPS) is 17.3. The SMILES string of the molecule is Cn1nc(C(F)(F)F)c2cc(C(=O)NC3CCCc4ccccc43)sc21. The van der Waals surface area contributed by atoms with Gasteiger partial charge in [0.2, 0.25) is 0 Å². The van der Waals surface area contributed by atoms with E-state index in [1.165, 1.54) is 23.4 Å². The number of alkyl halides is 3. The van der Waals surface area contributed by atoms with Crippen molar-refractivity contribution in [2.45, 2.75) is 31.5 Å². The molecule has 8 heteroatoms. The third kappa shape index (κ3) is 2.88. The standard InChI is InChI=1S/C18H16F3N3OS/c1-24-17-12(15(23-24)18(19,20)21)9-14(26-17)16(25)22-13-8-4-6-10-5-2-3-7-11(10)13/h2-3,5,7,9,13H,4,6,8H2,1H3,(H,22,25). The molecule has 2 aromatic heterocycles. The van der Waals surface area contributed by atoms with Crippen LogP contribution in [0, 0.1) is 0 Å². The molecule has 1 aromatic carbocycles. The molecule has 1 atom stereocenters. The van der Waals surface area contributed by atoms with E-state index < -0.39 is 11.9 Å². The number of amides is 1. The molecule has 1 unspecified atom stereocenters. The number of hydrogen-bond donors (Lipinski definition) is 1. The number of rotatable bonds is 2. The van der Waals surface area contributed by atoms with Crippen molar-refractivity contribution < 1.29 is 18.0 Å². The number of aromatic nitrogens is 2. The van der Waals surface area contributed by atoms with Gasteiger partial charge in [-0.25, -0.2) is 0 Å². The van der Waals surface area contributed by atoms with Crippen LogP contribution in [-0.4, -0.2) is 15.7 Å². The van der Waals surface area contributed by atoms with Crippen LogP contribution >= 0.6 is 11.3 Å². The molecule has 1 aliphatic rings. The summed E-state index contributed by atoms with van der Waals surface area (Å²) < 4.78 is 40.5. The molecule has 0 radical (unpaired) electrons. The lowest BCUT2D eigenvalue weighted by molar-refractivity contribution is -0.140. The van der Waals surface area contributed by atoms with E-state index in [0.717, 1.165) is 36.2 Å². The Labute approximate surface area is 151 Å². The molecule has 4 rings (SSSR count). The maximum atomic E-state index is 13.1. The van der Waals surface area contributed by atoms with Crippen LogP contribution in [0.5, 0.6) is 0 Å². The summed E-state index contributed by atoms with van der Waals surface area (Å²) in [5, 5.41) is 6.49. The van der Waals surface area contributed by atoms with Crippen LogP contribution in [0.3, 0.4) is 0 Å². The maximum Gasteiger partial charge on any atom is 0.435 e. The Balaban J connectivity index is 1.64. The highest BCUT2D eigenvalue weighted by Crippen LogP contribution is 2.38. The summed E-state index contributed by atoms with van der Waals surface area (Å²) in [7, 11) is 1.45. The van der Waals surface area contributed by atoms with Gasteiger partial charge < -0.3 is 5.32 Å². The highest BCUT2D eigenvalue weighted by Gasteiger charge is 2.37. The first-order valence-electron chi connectivity index (χ1n) is 8.27. The molecule has 2 heterocycles. The van der Waals surface area contributed by atoms with Crippen LogP contribution in [0.4, 0.5) is 13.2 Å². The average Bonchev–Trinajstić information content (AvgIpc) is 3.15. The Morgan fingerprint density at radius 2 is 2.12 bits per heavy atom. The van der Waals surface area contributed by atoms with Gasteiger partial charge in [0.1, 0.15) is 4.83 Å². The van der Waals surface area contributed by atoms with E-state index in [9.17, 15) is 18.0 Å². The van der Waals surface area contributed by atoms with Crippen LogP contribution < -0.4 is 5.32 Å². The third-order valence-electron chi connectivity index (χ3n) is 4.68. The van der Waals surface area contributed by atoms with Crippen LogP contribution in [0.15, 0.2) is 30.3 Å². The van der Waals surface area contributed by atoms with E-state index in [1.54, 1.807) is 0 Å². The Hall–Kier alpha value is -2.35. The fraction of sp³-hybridized carbons (Fsp3) is 0.333. The number of benzene rings is 1. The minimum absolute atomic E-state index is 0.0285. The number of carbonyl (C=O) groups is 1. The molecule has 0 fully saturated rings. The van der Waals surface area contributed by atoms with Gasteiger partial charge in [0.05, 0.1) is 10.9 Å². The summed E-state index contributed by atoms with van der Waals surface area (Å²) in [4.78, 5) is 13.3. The van der Waals surface area contributed by atoms with Crippen LogP contribution in [0.25, 0.3) is 10.2 Å². The number of carbonyl (C=O) groups excluding carboxylic acids is 1. The summed E-state index contributed by atoms with van der Waals surface area (Å²) in [6, 6.07) is 9.13. The summed E-state index contributed by atoms with van der Waals surface area (Å²) in [6.07, 6.45) is -1.78. The molecule has 0 bridgehead atoms. The fourth-order valence-electron chi connectivity index (χ4n) is 3.50. The van der Waals surface area contributed by atoms with Gasteiger partial charge in [0.15, 0.2) is 5.69 Å². The summed E-state index contributed by atoms with van der Waals surface area (Å²) >= 11 is 1.03. The molecule has 4 nitrogen and oxygen atoms in total. The minimum atomic E-state index is -4.55. The lowest BCUT2D eigenvalue weighted by Gasteiger charge is -2.26. The first-order valence-corrected chi connectivity index (χ1v) is 9.08. The van der Waals surface area contributed by atoms with E-state index in [1.807, 2.05) is 24.3 Å². The number of hydrogen-bond acceptors (Lipinski definition) is 3. The van der Waals surface area contributed by atoms with E-state index in [-0.39, 0.29) is 22.2 Å². The smallest absolute Gasteiger partial charge is 0.345 e. The number of halogens is 3. The summed E-state index contributed by atoms with van der Waals surface area (Å²) in [6.45, 7) is 0. The minimum Gasteiger partial charge on any atom is -0.345 e. The van der Waals surface area contributed by atoms with E-state index in [4.69, 9.17) is 0 Å². The molecular weight excluding hydrogens is 363 g/mol. The van der Waals surface area contributed by atoms with Crippen molar-refractivity contribution in [1.29, 1.82) is 0 Å². The van der Waals surface area contributed by atoms with Crippen LogP contribution in [0.1, 0.15) is 45.4 Å². The van der Waals surface area contributed by atoms with Gasteiger partial charge in [0.25, 0.3) is 5.91 Å². The summed E-state index contributed by atoms with van der Waals surface area (Å²) in [5.41, 5.74) is 1.35. The Bertz CT molecular complexity index is 989. The molecule has 0 saturated carbocycles. The molecule has 1 N–H and O–H groups in total. The predicted molar refractivity (Wildman–Crippen MR) is 93.2 cm³/mol. The monoisotopic (exact) mass is 379 g/mol. The number of aryl methyl sites for hydroxylation is 2. The van der Waals surface area contributed by atoms with Crippen molar-refractivity contribution in [2.24, 2.45) is 7.05 Å². The van der Waals surface area contributed by atoms with Crippen molar-refractivity contribution >= 4 is 27.5 Å². The molecule has 3 aromatic rings. The quantitative estimate of drug-likeness (QED) is 0.715. The van der Waals surface area contributed by atoms with Gasteiger partial charge in [-0.2, -0.15) is 18.3 Å². The van der Waals surface area contributed by atoms with Crippen LogP contribution in [-0.2, 0) is 19.6 Å². The zero-order valence-corrected chi connectivity index (χ0v) is 14.7. The van der Waals surface area contributed by atoms with Gasteiger partial charge >= 0.3 is 6.18 Å². The topological polar surface area (TPSA) is 46.9 Å². The second-order valence-electron chi connectivity index (χ2n) is 6.42. The summed E-state index contributed by atoms with van der Waals surface area (Å²) in [5.74, 6) is -0.346. The molecule has 0 aliphatic heterocycles. The van der Waals surface area contributed by atoms with E-state index in [2.05, 4.69) is 10.4 Å². The third-order valence-corrected chi connectivity index (χ3v) is 5.88. The van der Waals surface area contributed by atoms with Crippen molar-refractivity contribution in [3.63, 3.8) is 0 Å². The molecule has 1 amide bonds. The molecule has 0 spiro atoms. The van der Waals surface area contributed by atoms with E-state index in [0.29, 0.717) is 4.83 Å². The Kier molecular flexibility index (Phi) is 4.02.